The Morgan fingerprint density at radius 1 is 1.41 bits per heavy atom. The lowest BCUT2D eigenvalue weighted by molar-refractivity contribution is -0.123. The molecule has 0 saturated heterocycles. The van der Waals surface area contributed by atoms with Crippen molar-refractivity contribution < 1.29 is 9.90 Å². The fourth-order valence-corrected chi connectivity index (χ4v) is 3.86. The van der Waals surface area contributed by atoms with Crippen LogP contribution in [0.15, 0.2) is 47.4 Å². The van der Waals surface area contributed by atoms with Crippen molar-refractivity contribution in [2.75, 3.05) is 6.61 Å². The second-order valence-corrected chi connectivity index (χ2v) is 8.04. The van der Waals surface area contributed by atoms with E-state index in [0.717, 1.165) is 29.7 Å². The van der Waals surface area contributed by atoms with E-state index in [9.17, 15) is 9.90 Å². The molecule has 1 fully saturated rings. The summed E-state index contributed by atoms with van der Waals surface area (Å²) >= 11 is 1.56. The van der Waals surface area contributed by atoms with Crippen molar-refractivity contribution in [1.29, 1.82) is 0 Å². The van der Waals surface area contributed by atoms with Gasteiger partial charge >= 0.3 is 0 Å². The maximum absolute atomic E-state index is 12.7. The number of carbonyl (C=O) groups excluding carboxylic acids is 1. The highest BCUT2D eigenvalue weighted by atomic mass is 32.2. The van der Waals surface area contributed by atoms with Crippen LogP contribution in [0.25, 0.3) is 0 Å². The summed E-state index contributed by atoms with van der Waals surface area (Å²) in [6.45, 7) is 7.96. The first kappa shape index (κ1) is 17.1. The van der Waals surface area contributed by atoms with Gasteiger partial charge in [0.15, 0.2) is 0 Å². The topological polar surface area (TPSA) is 49.3 Å². The van der Waals surface area contributed by atoms with Gasteiger partial charge < -0.3 is 10.4 Å². The maximum Gasteiger partial charge on any atom is 0.236 e. The number of hydrogen-bond donors (Lipinski definition) is 2. The lowest BCUT2D eigenvalue weighted by atomic mass is 9.81. The highest BCUT2D eigenvalue weighted by Crippen LogP contribution is 2.34. The van der Waals surface area contributed by atoms with E-state index in [1.54, 1.807) is 11.8 Å². The predicted octanol–water partition coefficient (Wildman–Crippen LogP) is 3.39. The van der Waals surface area contributed by atoms with Crippen LogP contribution < -0.4 is 5.32 Å². The molecule has 2 atom stereocenters. The number of carbonyl (C=O) groups is 1. The Morgan fingerprint density at radius 3 is 2.73 bits per heavy atom. The molecule has 0 radical (unpaired) electrons. The summed E-state index contributed by atoms with van der Waals surface area (Å²) < 4.78 is -0.555. The Morgan fingerprint density at radius 2 is 2.09 bits per heavy atom. The second-order valence-electron chi connectivity index (χ2n) is 6.34. The molecule has 0 spiro atoms. The molecular weight excluding hydrogens is 294 g/mol. The van der Waals surface area contributed by atoms with Crippen LogP contribution in [0.3, 0.4) is 0 Å². The Labute approximate surface area is 137 Å². The predicted molar refractivity (Wildman–Crippen MR) is 91.9 cm³/mol. The first-order valence-corrected chi connectivity index (χ1v) is 8.59. The Balaban J connectivity index is 2.02. The molecule has 1 aromatic rings. The first-order valence-electron chi connectivity index (χ1n) is 7.77. The SMILES string of the molecule is C=C1CCCC(NC(=O)C(C)(C)Sc2ccccc2)C1CO. The van der Waals surface area contributed by atoms with Gasteiger partial charge in [0.25, 0.3) is 0 Å². The van der Waals surface area contributed by atoms with Crippen LogP contribution in [0.2, 0.25) is 0 Å². The van der Waals surface area contributed by atoms with Crippen molar-refractivity contribution in [3.63, 3.8) is 0 Å². The minimum atomic E-state index is -0.555. The Hall–Kier alpha value is -1.26. The van der Waals surface area contributed by atoms with Crippen molar-refractivity contribution >= 4 is 17.7 Å². The van der Waals surface area contributed by atoms with E-state index in [2.05, 4.69) is 11.9 Å². The average molecular weight is 319 g/mol. The number of thioether (sulfide) groups is 1. The molecule has 22 heavy (non-hydrogen) atoms. The molecule has 1 aliphatic rings. The van der Waals surface area contributed by atoms with E-state index in [0.29, 0.717) is 0 Å². The molecule has 2 N–H and O–H groups in total. The number of amides is 1. The zero-order valence-electron chi connectivity index (χ0n) is 13.3. The lowest BCUT2D eigenvalue weighted by Crippen LogP contribution is -2.50. The summed E-state index contributed by atoms with van der Waals surface area (Å²) in [7, 11) is 0. The minimum Gasteiger partial charge on any atom is -0.396 e. The molecule has 0 heterocycles. The fraction of sp³-hybridized carbons (Fsp3) is 0.500. The zero-order chi connectivity index (χ0) is 16.2. The number of nitrogens with one attached hydrogen (secondary N) is 1. The van der Waals surface area contributed by atoms with Gasteiger partial charge in [0.1, 0.15) is 0 Å². The van der Waals surface area contributed by atoms with Gasteiger partial charge in [-0.3, -0.25) is 4.79 Å². The third-order valence-corrected chi connectivity index (χ3v) is 5.40. The standard InChI is InChI=1S/C18H25NO2S/c1-13-8-7-11-16(15(13)12-20)19-17(21)18(2,3)22-14-9-5-4-6-10-14/h4-6,9-10,15-16,20H,1,7-8,11-12H2,2-3H3,(H,19,21). The van der Waals surface area contributed by atoms with Crippen LogP contribution in [0, 0.1) is 5.92 Å². The van der Waals surface area contributed by atoms with Crippen LogP contribution in [0.4, 0.5) is 0 Å². The molecular formula is C18H25NO2S. The van der Waals surface area contributed by atoms with Crippen molar-refractivity contribution in [3.05, 3.63) is 42.5 Å². The molecule has 0 aromatic heterocycles. The van der Waals surface area contributed by atoms with Crippen LogP contribution in [-0.4, -0.2) is 28.4 Å². The minimum absolute atomic E-state index is 0.00519. The highest BCUT2D eigenvalue weighted by Gasteiger charge is 2.34. The van der Waals surface area contributed by atoms with E-state index in [1.165, 1.54) is 0 Å². The lowest BCUT2D eigenvalue weighted by Gasteiger charge is -2.35. The smallest absolute Gasteiger partial charge is 0.236 e. The fourth-order valence-electron chi connectivity index (χ4n) is 2.82. The summed E-state index contributed by atoms with van der Waals surface area (Å²) in [5.74, 6) is -0.00488. The molecule has 1 aromatic carbocycles. The highest BCUT2D eigenvalue weighted by molar-refractivity contribution is 8.01. The maximum atomic E-state index is 12.7. The molecule has 3 nitrogen and oxygen atoms in total. The quantitative estimate of drug-likeness (QED) is 0.646. The van der Waals surface area contributed by atoms with Crippen molar-refractivity contribution in [2.24, 2.45) is 5.92 Å². The van der Waals surface area contributed by atoms with Gasteiger partial charge in [-0.2, -0.15) is 0 Å². The van der Waals surface area contributed by atoms with Crippen molar-refractivity contribution in [3.8, 4) is 0 Å². The van der Waals surface area contributed by atoms with Crippen LogP contribution >= 0.6 is 11.8 Å². The molecule has 1 amide bonds. The van der Waals surface area contributed by atoms with Crippen molar-refractivity contribution in [2.45, 2.75) is 48.8 Å². The van der Waals surface area contributed by atoms with Gasteiger partial charge in [-0.15, -0.1) is 11.8 Å². The summed E-state index contributed by atoms with van der Waals surface area (Å²) in [6.07, 6.45) is 2.87. The van der Waals surface area contributed by atoms with Gasteiger partial charge in [-0.05, 0) is 45.2 Å². The van der Waals surface area contributed by atoms with Crippen LogP contribution in [0.1, 0.15) is 33.1 Å². The molecule has 0 bridgehead atoms. The largest absolute Gasteiger partial charge is 0.396 e. The van der Waals surface area contributed by atoms with Crippen LogP contribution in [-0.2, 0) is 4.79 Å². The number of aliphatic hydroxyl groups excluding tert-OH is 1. The third-order valence-electron chi connectivity index (χ3n) is 4.20. The molecule has 1 aliphatic carbocycles. The van der Waals surface area contributed by atoms with E-state index in [-0.39, 0.29) is 24.5 Å². The van der Waals surface area contributed by atoms with Gasteiger partial charge in [-0.1, -0.05) is 30.4 Å². The van der Waals surface area contributed by atoms with Crippen molar-refractivity contribution in [1.82, 2.24) is 5.32 Å². The number of aliphatic hydroxyl groups is 1. The van der Waals surface area contributed by atoms with E-state index in [4.69, 9.17) is 0 Å². The van der Waals surface area contributed by atoms with E-state index in [1.807, 2.05) is 44.2 Å². The second kappa shape index (κ2) is 7.34. The van der Waals surface area contributed by atoms with E-state index < -0.39 is 4.75 Å². The molecule has 0 aliphatic heterocycles. The summed E-state index contributed by atoms with van der Waals surface area (Å²) in [5, 5.41) is 12.7. The van der Waals surface area contributed by atoms with Gasteiger partial charge in [0.05, 0.1) is 11.4 Å². The normalized spacial score (nSPS) is 22.4. The van der Waals surface area contributed by atoms with Gasteiger partial charge in [-0.25, -0.2) is 0 Å². The number of benzene rings is 1. The van der Waals surface area contributed by atoms with E-state index >= 15 is 0 Å². The third kappa shape index (κ3) is 4.14. The molecule has 120 valence electrons. The average Bonchev–Trinajstić information content (AvgIpc) is 2.48. The number of hydrogen-bond acceptors (Lipinski definition) is 3. The first-order chi connectivity index (χ1) is 10.4. The van der Waals surface area contributed by atoms with Crippen LogP contribution in [0.5, 0.6) is 0 Å². The summed E-state index contributed by atoms with van der Waals surface area (Å²) in [6, 6.07) is 9.94. The van der Waals surface area contributed by atoms with Gasteiger partial charge in [0.2, 0.25) is 5.91 Å². The molecule has 1 saturated carbocycles. The monoisotopic (exact) mass is 319 g/mol. The van der Waals surface area contributed by atoms with Gasteiger partial charge in [0, 0.05) is 16.9 Å². The summed E-state index contributed by atoms with van der Waals surface area (Å²) in [5.41, 5.74) is 1.05. The molecule has 2 unspecified atom stereocenters. The zero-order valence-corrected chi connectivity index (χ0v) is 14.2. The Bertz CT molecular complexity index is 527. The number of rotatable bonds is 5. The summed E-state index contributed by atoms with van der Waals surface area (Å²) in [4.78, 5) is 13.7. The molecule has 2 rings (SSSR count). The molecule has 4 heteroatoms. The Kier molecular flexibility index (Phi) is 5.70.